The van der Waals surface area contributed by atoms with Gasteiger partial charge in [0.25, 0.3) is 0 Å². The second-order valence-electron chi connectivity index (χ2n) is 2.82. The number of carbonyl (C=O) groups is 1. The number of ketones is 1. The van der Waals surface area contributed by atoms with Crippen LogP contribution in [-0.2, 0) is 4.79 Å². The highest BCUT2D eigenvalue weighted by Crippen LogP contribution is 1.99. The summed E-state index contributed by atoms with van der Waals surface area (Å²) < 4.78 is 0. The van der Waals surface area contributed by atoms with Crippen LogP contribution in [0, 0.1) is 0 Å². The summed E-state index contributed by atoms with van der Waals surface area (Å²) in [6.07, 6.45) is 2.12. The Labute approximate surface area is 62.4 Å². The van der Waals surface area contributed by atoms with Crippen molar-refractivity contribution >= 4 is 5.78 Å². The lowest BCUT2D eigenvalue weighted by Crippen LogP contribution is -1.92. The van der Waals surface area contributed by atoms with Gasteiger partial charge in [-0.25, -0.2) is 0 Å². The molecule has 0 aromatic heterocycles. The first kappa shape index (κ1) is 9.15. The molecule has 0 rings (SSSR count). The van der Waals surface area contributed by atoms with Crippen molar-refractivity contribution in [3.8, 4) is 0 Å². The molecule has 0 fully saturated rings. The van der Waals surface area contributed by atoms with Crippen molar-refractivity contribution in [2.24, 2.45) is 0 Å². The van der Waals surface area contributed by atoms with Gasteiger partial charge in [0.15, 0.2) is 5.78 Å². The monoisotopic (exact) mass is 138 g/mol. The quantitative estimate of drug-likeness (QED) is 0.432. The Hall–Kier alpha value is -0.850. The van der Waals surface area contributed by atoms with Gasteiger partial charge in [0, 0.05) is 6.42 Å². The predicted octanol–water partition coefficient (Wildman–Crippen LogP) is 2.49. The van der Waals surface area contributed by atoms with Gasteiger partial charge in [0.05, 0.1) is 0 Å². The fourth-order valence-corrected chi connectivity index (χ4v) is 0.670. The van der Waals surface area contributed by atoms with Crippen molar-refractivity contribution < 1.29 is 4.79 Å². The predicted molar refractivity (Wildman–Crippen MR) is 43.9 cm³/mol. The Morgan fingerprint density at radius 1 is 1.40 bits per heavy atom. The molecule has 0 radical (unpaired) electrons. The fourth-order valence-electron chi connectivity index (χ4n) is 0.670. The van der Waals surface area contributed by atoms with Gasteiger partial charge in [0.2, 0.25) is 0 Å². The summed E-state index contributed by atoms with van der Waals surface area (Å²) in [6, 6.07) is 0. The maximum Gasteiger partial charge on any atom is 0.159 e. The molecule has 0 atom stereocenters. The Morgan fingerprint density at radius 2 is 1.90 bits per heavy atom. The molecule has 0 aliphatic carbocycles. The SMILES string of the molecule is C=C(C)CC(=O)C=C(C)C. The van der Waals surface area contributed by atoms with Crippen LogP contribution in [0.5, 0.6) is 0 Å². The highest BCUT2D eigenvalue weighted by Gasteiger charge is 1.95. The smallest absolute Gasteiger partial charge is 0.159 e. The summed E-state index contributed by atoms with van der Waals surface area (Å²) in [6.45, 7) is 9.34. The summed E-state index contributed by atoms with van der Waals surface area (Å²) in [4.78, 5) is 10.9. The summed E-state index contributed by atoms with van der Waals surface area (Å²) in [7, 11) is 0. The van der Waals surface area contributed by atoms with Crippen LogP contribution < -0.4 is 0 Å². The molecule has 0 unspecified atom stereocenters. The molecular weight excluding hydrogens is 124 g/mol. The van der Waals surface area contributed by atoms with Gasteiger partial charge in [-0.2, -0.15) is 0 Å². The van der Waals surface area contributed by atoms with Crippen LogP contribution in [0.4, 0.5) is 0 Å². The Kier molecular flexibility index (Phi) is 3.70. The van der Waals surface area contributed by atoms with E-state index in [2.05, 4.69) is 6.58 Å². The van der Waals surface area contributed by atoms with E-state index in [1.807, 2.05) is 20.8 Å². The third kappa shape index (κ3) is 5.29. The van der Waals surface area contributed by atoms with E-state index in [1.54, 1.807) is 6.08 Å². The second kappa shape index (κ2) is 4.04. The molecule has 0 saturated carbocycles. The van der Waals surface area contributed by atoms with E-state index in [1.165, 1.54) is 0 Å². The second-order valence-corrected chi connectivity index (χ2v) is 2.82. The largest absolute Gasteiger partial charge is 0.295 e. The average Bonchev–Trinajstić information content (AvgIpc) is 1.58. The number of allylic oxidation sites excluding steroid dienone is 3. The Balaban J connectivity index is 3.88. The highest BCUT2D eigenvalue weighted by molar-refractivity contribution is 5.91. The van der Waals surface area contributed by atoms with Gasteiger partial charge in [0.1, 0.15) is 0 Å². The summed E-state index contributed by atoms with van der Waals surface area (Å²) in [5.74, 6) is 0.146. The molecule has 0 bridgehead atoms. The van der Waals surface area contributed by atoms with Gasteiger partial charge in [-0.15, -0.1) is 0 Å². The minimum absolute atomic E-state index is 0.146. The zero-order chi connectivity index (χ0) is 8.15. The van der Waals surface area contributed by atoms with Crippen molar-refractivity contribution in [3.63, 3.8) is 0 Å². The average molecular weight is 138 g/mol. The first-order valence-corrected chi connectivity index (χ1v) is 3.34. The lowest BCUT2D eigenvalue weighted by Gasteiger charge is -1.93. The summed E-state index contributed by atoms with van der Waals surface area (Å²) >= 11 is 0. The van der Waals surface area contributed by atoms with E-state index in [-0.39, 0.29) is 5.78 Å². The number of rotatable bonds is 3. The molecule has 0 heterocycles. The minimum atomic E-state index is 0.146. The zero-order valence-electron chi connectivity index (χ0n) is 6.90. The lowest BCUT2D eigenvalue weighted by atomic mass is 10.1. The van der Waals surface area contributed by atoms with Crippen LogP contribution in [-0.4, -0.2) is 5.78 Å². The van der Waals surface area contributed by atoms with E-state index in [4.69, 9.17) is 0 Å². The van der Waals surface area contributed by atoms with Crippen molar-refractivity contribution in [1.29, 1.82) is 0 Å². The third-order valence-corrected chi connectivity index (χ3v) is 0.926. The maximum absolute atomic E-state index is 10.9. The van der Waals surface area contributed by atoms with Crippen molar-refractivity contribution in [1.82, 2.24) is 0 Å². The molecule has 0 spiro atoms. The molecule has 1 nitrogen and oxygen atoms in total. The molecule has 0 amide bonds. The van der Waals surface area contributed by atoms with E-state index >= 15 is 0 Å². The molecule has 0 aliphatic rings. The van der Waals surface area contributed by atoms with E-state index in [0.717, 1.165) is 11.1 Å². The van der Waals surface area contributed by atoms with Crippen LogP contribution >= 0.6 is 0 Å². The number of hydrogen-bond donors (Lipinski definition) is 0. The van der Waals surface area contributed by atoms with Crippen molar-refractivity contribution in [3.05, 3.63) is 23.8 Å². The molecule has 56 valence electrons. The molecule has 1 heteroatoms. The van der Waals surface area contributed by atoms with E-state index in [0.29, 0.717) is 6.42 Å². The third-order valence-electron chi connectivity index (χ3n) is 0.926. The van der Waals surface area contributed by atoms with Crippen LogP contribution in [0.3, 0.4) is 0 Å². The van der Waals surface area contributed by atoms with Gasteiger partial charge in [-0.3, -0.25) is 4.79 Å². The number of hydrogen-bond acceptors (Lipinski definition) is 1. The Morgan fingerprint density at radius 3 is 2.20 bits per heavy atom. The standard InChI is InChI=1S/C9H14O/c1-7(2)5-9(10)6-8(3)4/h6H,1,5H2,2-4H3. The van der Waals surface area contributed by atoms with Crippen LogP contribution in [0.1, 0.15) is 27.2 Å². The van der Waals surface area contributed by atoms with Crippen LogP contribution in [0.25, 0.3) is 0 Å². The van der Waals surface area contributed by atoms with Gasteiger partial charge < -0.3 is 0 Å². The topological polar surface area (TPSA) is 17.1 Å². The molecule has 0 aromatic rings. The highest BCUT2D eigenvalue weighted by atomic mass is 16.1. The van der Waals surface area contributed by atoms with Gasteiger partial charge >= 0.3 is 0 Å². The van der Waals surface area contributed by atoms with Crippen molar-refractivity contribution in [2.45, 2.75) is 27.2 Å². The molecule has 0 N–H and O–H groups in total. The van der Waals surface area contributed by atoms with Crippen molar-refractivity contribution in [2.75, 3.05) is 0 Å². The van der Waals surface area contributed by atoms with E-state index in [9.17, 15) is 4.79 Å². The van der Waals surface area contributed by atoms with Crippen LogP contribution in [0.15, 0.2) is 23.8 Å². The fraction of sp³-hybridized carbons (Fsp3) is 0.444. The molecule has 0 aliphatic heterocycles. The first-order valence-electron chi connectivity index (χ1n) is 3.34. The van der Waals surface area contributed by atoms with Gasteiger partial charge in [-0.1, -0.05) is 17.7 Å². The minimum Gasteiger partial charge on any atom is -0.295 e. The van der Waals surface area contributed by atoms with E-state index < -0.39 is 0 Å². The molecule has 10 heavy (non-hydrogen) atoms. The molecular formula is C9H14O. The zero-order valence-corrected chi connectivity index (χ0v) is 6.90. The first-order chi connectivity index (χ1) is 4.52. The summed E-state index contributed by atoms with van der Waals surface area (Å²) in [5.41, 5.74) is 1.97. The maximum atomic E-state index is 10.9. The van der Waals surface area contributed by atoms with Gasteiger partial charge in [-0.05, 0) is 26.8 Å². The molecule has 0 aromatic carbocycles. The Bertz CT molecular complexity index is 171. The lowest BCUT2D eigenvalue weighted by molar-refractivity contribution is -0.114. The number of carbonyl (C=O) groups excluding carboxylic acids is 1. The summed E-state index contributed by atoms with van der Waals surface area (Å²) in [5, 5.41) is 0. The normalized spacial score (nSPS) is 8.70. The van der Waals surface area contributed by atoms with Crippen LogP contribution in [0.2, 0.25) is 0 Å². The molecule has 0 saturated heterocycles.